The van der Waals surface area contributed by atoms with Crippen molar-refractivity contribution in [3.63, 3.8) is 0 Å². The Morgan fingerprint density at radius 2 is 1.82 bits per heavy atom. The maximum atomic E-state index is 13.4. The normalized spacial score (nSPS) is 15.0. The molecule has 5 nitrogen and oxygen atoms in total. The fraction of sp³-hybridized carbons (Fsp3) is 0.273. The smallest absolute Gasteiger partial charge is 0.269 e. The SMILES string of the molecule is O=C(NCCN1CCN(c2cccc(F)c2)CC1)c1ccc2ccccc2n1. The lowest BCUT2D eigenvalue weighted by Gasteiger charge is -2.36. The Balaban J connectivity index is 1.24. The molecule has 1 saturated heterocycles. The van der Waals surface area contributed by atoms with Crippen LogP contribution in [-0.2, 0) is 0 Å². The van der Waals surface area contributed by atoms with Crippen LogP contribution >= 0.6 is 0 Å². The third-order valence-electron chi connectivity index (χ3n) is 5.09. The van der Waals surface area contributed by atoms with Gasteiger partial charge in [-0.25, -0.2) is 9.37 Å². The maximum Gasteiger partial charge on any atom is 0.269 e. The third-order valence-corrected chi connectivity index (χ3v) is 5.09. The minimum atomic E-state index is -0.204. The van der Waals surface area contributed by atoms with Crippen LogP contribution in [0, 0.1) is 5.82 Å². The first kappa shape index (κ1) is 18.4. The largest absolute Gasteiger partial charge is 0.369 e. The van der Waals surface area contributed by atoms with Crippen molar-refractivity contribution in [1.29, 1.82) is 0 Å². The van der Waals surface area contributed by atoms with E-state index in [4.69, 9.17) is 0 Å². The van der Waals surface area contributed by atoms with Crippen LogP contribution in [0.5, 0.6) is 0 Å². The van der Waals surface area contributed by atoms with Gasteiger partial charge in [-0.05, 0) is 30.3 Å². The average Bonchev–Trinajstić information content (AvgIpc) is 2.74. The van der Waals surface area contributed by atoms with Crippen LogP contribution in [0.25, 0.3) is 10.9 Å². The van der Waals surface area contributed by atoms with Crippen molar-refractivity contribution >= 4 is 22.5 Å². The number of para-hydroxylation sites is 1. The number of rotatable bonds is 5. The number of nitrogens with zero attached hydrogens (tertiary/aromatic N) is 3. The highest BCUT2D eigenvalue weighted by atomic mass is 19.1. The standard InChI is InChI=1S/C22H23FN4O/c23-18-5-3-6-19(16-18)27-14-12-26(13-15-27)11-10-24-22(28)21-9-8-17-4-1-2-7-20(17)25-21/h1-9,16H,10-15H2,(H,24,28). The molecule has 28 heavy (non-hydrogen) atoms. The van der Waals surface area contributed by atoms with E-state index in [0.29, 0.717) is 12.2 Å². The van der Waals surface area contributed by atoms with Crippen molar-refractivity contribution in [1.82, 2.24) is 15.2 Å². The number of halogens is 1. The molecule has 6 heteroatoms. The first-order valence-electron chi connectivity index (χ1n) is 9.56. The Bertz CT molecular complexity index is 969. The van der Waals surface area contributed by atoms with Crippen LogP contribution in [-0.4, -0.2) is 55.1 Å². The number of pyridine rings is 1. The van der Waals surface area contributed by atoms with Gasteiger partial charge in [0.2, 0.25) is 0 Å². The van der Waals surface area contributed by atoms with E-state index in [1.165, 1.54) is 6.07 Å². The fourth-order valence-corrected chi connectivity index (χ4v) is 3.51. The summed E-state index contributed by atoms with van der Waals surface area (Å²) in [5.74, 6) is -0.353. The van der Waals surface area contributed by atoms with Gasteiger partial charge >= 0.3 is 0 Å². The second-order valence-corrected chi connectivity index (χ2v) is 6.95. The molecule has 0 unspecified atom stereocenters. The number of carbonyl (C=O) groups is 1. The molecule has 1 N–H and O–H groups in total. The number of carbonyl (C=O) groups excluding carboxylic acids is 1. The summed E-state index contributed by atoms with van der Waals surface area (Å²) in [6, 6.07) is 18.2. The van der Waals surface area contributed by atoms with Gasteiger partial charge < -0.3 is 10.2 Å². The summed E-state index contributed by atoms with van der Waals surface area (Å²) in [5, 5.41) is 3.98. The van der Waals surface area contributed by atoms with E-state index in [-0.39, 0.29) is 11.7 Å². The van der Waals surface area contributed by atoms with Crippen molar-refractivity contribution in [3.8, 4) is 0 Å². The predicted molar refractivity (Wildman–Crippen MR) is 109 cm³/mol. The minimum absolute atomic E-state index is 0.149. The topological polar surface area (TPSA) is 48.5 Å². The Labute approximate surface area is 163 Å². The van der Waals surface area contributed by atoms with Gasteiger partial charge in [-0.15, -0.1) is 0 Å². The highest BCUT2D eigenvalue weighted by Crippen LogP contribution is 2.17. The second kappa shape index (κ2) is 8.35. The molecule has 1 aliphatic heterocycles. The van der Waals surface area contributed by atoms with Gasteiger partial charge in [-0.2, -0.15) is 0 Å². The Morgan fingerprint density at radius 3 is 2.64 bits per heavy atom. The molecule has 2 aromatic carbocycles. The summed E-state index contributed by atoms with van der Waals surface area (Å²) in [5.41, 5.74) is 2.19. The molecule has 144 valence electrons. The molecule has 1 fully saturated rings. The summed E-state index contributed by atoms with van der Waals surface area (Å²) in [7, 11) is 0. The van der Waals surface area contributed by atoms with Gasteiger partial charge in [-0.3, -0.25) is 9.69 Å². The number of benzene rings is 2. The molecule has 2 heterocycles. The van der Waals surface area contributed by atoms with E-state index < -0.39 is 0 Å². The van der Waals surface area contributed by atoms with Crippen LogP contribution < -0.4 is 10.2 Å². The molecular formula is C22H23FN4O. The molecule has 1 amide bonds. The van der Waals surface area contributed by atoms with Crippen molar-refractivity contribution in [2.45, 2.75) is 0 Å². The lowest BCUT2D eigenvalue weighted by atomic mass is 10.2. The molecule has 0 aliphatic carbocycles. The fourth-order valence-electron chi connectivity index (χ4n) is 3.51. The van der Waals surface area contributed by atoms with Crippen molar-refractivity contribution < 1.29 is 9.18 Å². The number of hydrogen-bond donors (Lipinski definition) is 1. The number of amides is 1. The van der Waals surface area contributed by atoms with Crippen LogP contribution in [0.4, 0.5) is 10.1 Å². The van der Waals surface area contributed by atoms with Gasteiger partial charge in [0, 0.05) is 50.3 Å². The lowest BCUT2D eigenvalue weighted by Crippen LogP contribution is -2.48. The van der Waals surface area contributed by atoms with E-state index in [1.807, 2.05) is 36.4 Å². The monoisotopic (exact) mass is 378 g/mol. The predicted octanol–water partition coefficient (Wildman–Crippen LogP) is 2.93. The van der Waals surface area contributed by atoms with Gasteiger partial charge in [0.05, 0.1) is 5.52 Å². The van der Waals surface area contributed by atoms with Gasteiger partial charge in [0.25, 0.3) is 5.91 Å². The molecule has 0 bridgehead atoms. The summed E-state index contributed by atoms with van der Waals surface area (Å²) in [6.45, 7) is 4.85. The van der Waals surface area contributed by atoms with E-state index in [2.05, 4.69) is 20.1 Å². The van der Waals surface area contributed by atoms with Gasteiger partial charge in [0.1, 0.15) is 11.5 Å². The molecule has 0 radical (unpaired) electrons. The number of aromatic nitrogens is 1. The molecule has 1 aromatic heterocycles. The first-order valence-corrected chi connectivity index (χ1v) is 9.56. The van der Waals surface area contributed by atoms with E-state index in [1.54, 1.807) is 18.2 Å². The van der Waals surface area contributed by atoms with Crippen LogP contribution in [0.1, 0.15) is 10.5 Å². The van der Waals surface area contributed by atoms with Crippen molar-refractivity contribution in [2.24, 2.45) is 0 Å². The Kier molecular flexibility index (Phi) is 5.48. The number of piperazine rings is 1. The number of fused-ring (bicyclic) bond motifs is 1. The van der Waals surface area contributed by atoms with Crippen LogP contribution in [0.15, 0.2) is 60.7 Å². The average molecular weight is 378 g/mol. The molecule has 0 spiro atoms. The second-order valence-electron chi connectivity index (χ2n) is 6.95. The third kappa shape index (κ3) is 4.28. The van der Waals surface area contributed by atoms with Crippen LogP contribution in [0.3, 0.4) is 0 Å². The van der Waals surface area contributed by atoms with E-state index in [0.717, 1.165) is 49.3 Å². The molecule has 4 rings (SSSR count). The highest BCUT2D eigenvalue weighted by molar-refractivity contribution is 5.94. The lowest BCUT2D eigenvalue weighted by molar-refractivity contribution is 0.0943. The maximum absolute atomic E-state index is 13.4. The minimum Gasteiger partial charge on any atom is -0.369 e. The number of anilines is 1. The molecule has 0 atom stereocenters. The van der Waals surface area contributed by atoms with Gasteiger partial charge in [0.15, 0.2) is 0 Å². The summed E-state index contributed by atoms with van der Waals surface area (Å²) < 4.78 is 13.4. The zero-order valence-corrected chi connectivity index (χ0v) is 15.6. The Morgan fingerprint density at radius 1 is 1.00 bits per heavy atom. The summed E-state index contributed by atoms with van der Waals surface area (Å²) in [6.07, 6.45) is 0. The van der Waals surface area contributed by atoms with E-state index >= 15 is 0 Å². The number of nitrogens with one attached hydrogen (secondary N) is 1. The molecular weight excluding hydrogens is 355 g/mol. The van der Waals surface area contributed by atoms with Crippen molar-refractivity contribution in [3.05, 3.63) is 72.2 Å². The number of hydrogen-bond acceptors (Lipinski definition) is 4. The quantitative estimate of drug-likeness (QED) is 0.742. The molecule has 3 aromatic rings. The highest BCUT2D eigenvalue weighted by Gasteiger charge is 2.17. The van der Waals surface area contributed by atoms with Crippen LogP contribution in [0.2, 0.25) is 0 Å². The summed E-state index contributed by atoms with van der Waals surface area (Å²) in [4.78, 5) is 21.3. The Hall–Kier alpha value is -2.99. The summed E-state index contributed by atoms with van der Waals surface area (Å²) >= 11 is 0. The van der Waals surface area contributed by atoms with E-state index in [9.17, 15) is 9.18 Å². The zero-order chi connectivity index (χ0) is 19.3. The van der Waals surface area contributed by atoms with Crippen molar-refractivity contribution in [2.75, 3.05) is 44.2 Å². The zero-order valence-electron chi connectivity index (χ0n) is 15.6. The van der Waals surface area contributed by atoms with Gasteiger partial charge in [-0.1, -0.05) is 30.3 Å². The molecule has 0 saturated carbocycles. The molecule has 1 aliphatic rings. The first-order chi connectivity index (χ1) is 13.7.